The lowest BCUT2D eigenvalue weighted by atomic mass is 10.1. The molecule has 2 heterocycles. The monoisotopic (exact) mass is 416 g/mol. The summed E-state index contributed by atoms with van der Waals surface area (Å²) in [5.74, 6) is -0.584. The molecule has 0 radical (unpaired) electrons. The van der Waals surface area contributed by atoms with Crippen LogP contribution >= 0.6 is 46.3 Å². The van der Waals surface area contributed by atoms with Gasteiger partial charge in [-0.1, -0.05) is 23.2 Å². The summed E-state index contributed by atoms with van der Waals surface area (Å²) < 4.78 is 5.39. The number of nitrogens with one attached hydrogen (secondary N) is 1. The molecule has 3 rings (SSSR count). The van der Waals surface area contributed by atoms with Gasteiger partial charge in [-0.15, -0.1) is 23.1 Å². The van der Waals surface area contributed by atoms with Gasteiger partial charge in [-0.3, -0.25) is 9.59 Å². The molecule has 0 spiro atoms. The molecule has 0 saturated heterocycles. The van der Waals surface area contributed by atoms with Crippen molar-refractivity contribution in [2.45, 2.75) is 17.9 Å². The van der Waals surface area contributed by atoms with E-state index in [0.29, 0.717) is 40.2 Å². The number of carbonyl (C=O) groups is 2. The first kappa shape index (κ1) is 18.5. The van der Waals surface area contributed by atoms with E-state index in [4.69, 9.17) is 33.7 Å². The van der Waals surface area contributed by atoms with Crippen LogP contribution in [0.1, 0.15) is 20.8 Å². The Balaban J connectivity index is 1.69. The number of hydrogen-bond acceptors (Lipinski definition) is 5. The zero-order chi connectivity index (χ0) is 18.0. The van der Waals surface area contributed by atoms with Crippen molar-refractivity contribution >= 4 is 63.1 Å². The van der Waals surface area contributed by atoms with Gasteiger partial charge in [0.1, 0.15) is 5.00 Å². The molecule has 1 aliphatic rings. The Labute approximate surface area is 162 Å². The van der Waals surface area contributed by atoms with Crippen LogP contribution < -0.4 is 11.1 Å². The summed E-state index contributed by atoms with van der Waals surface area (Å²) in [6.45, 7) is 0.985. The zero-order valence-electron chi connectivity index (χ0n) is 12.9. The highest BCUT2D eigenvalue weighted by Gasteiger charge is 2.25. The second-order valence-corrected chi connectivity index (χ2v) is 8.26. The first-order chi connectivity index (χ1) is 12.0. The molecule has 1 aromatic heterocycles. The third-order valence-corrected chi connectivity index (χ3v) is 6.43. The standard InChI is InChI=1S/C16H14Cl2N2O3S2/c17-10-2-1-8(5-11(10)18)24-7-13(21)20-16-14(15(19)22)9-3-4-23-6-12(9)25-16/h1-2,5H,3-4,6-7H2,(H2,19,22)(H,20,21). The SMILES string of the molecule is NC(=O)c1c(NC(=O)CSc2ccc(Cl)c(Cl)c2)sc2c1CCOC2. The summed E-state index contributed by atoms with van der Waals surface area (Å²) in [6, 6.07) is 5.18. The summed E-state index contributed by atoms with van der Waals surface area (Å²) in [4.78, 5) is 25.8. The van der Waals surface area contributed by atoms with Gasteiger partial charge in [-0.05, 0) is 30.2 Å². The molecule has 9 heteroatoms. The Morgan fingerprint density at radius 3 is 2.84 bits per heavy atom. The van der Waals surface area contributed by atoms with Crippen LogP contribution in [0.15, 0.2) is 23.1 Å². The second-order valence-electron chi connectivity index (χ2n) is 5.29. The van der Waals surface area contributed by atoms with Crippen molar-refractivity contribution < 1.29 is 14.3 Å². The molecule has 0 unspecified atom stereocenters. The van der Waals surface area contributed by atoms with Gasteiger partial charge in [-0.25, -0.2) is 0 Å². The van der Waals surface area contributed by atoms with Gasteiger partial charge in [0.05, 0.1) is 34.6 Å². The largest absolute Gasteiger partial charge is 0.376 e. The van der Waals surface area contributed by atoms with E-state index in [9.17, 15) is 9.59 Å². The first-order valence-electron chi connectivity index (χ1n) is 7.35. The Morgan fingerprint density at radius 2 is 2.12 bits per heavy atom. The van der Waals surface area contributed by atoms with Crippen molar-refractivity contribution in [3.8, 4) is 0 Å². The Morgan fingerprint density at radius 1 is 1.32 bits per heavy atom. The Bertz CT molecular complexity index is 839. The Kier molecular flexibility index (Phi) is 5.91. The molecule has 0 atom stereocenters. The predicted octanol–water partition coefficient (Wildman–Crippen LogP) is 3.96. The van der Waals surface area contributed by atoms with Crippen LogP contribution in [0, 0.1) is 0 Å². The summed E-state index contributed by atoms with van der Waals surface area (Å²) >= 11 is 14.5. The van der Waals surface area contributed by atoms with Crippen molar-refractivity contribution in [2.75, 3.05) is 17.7 Å². The molecular weight excluding hydrogens is 403 g/mol. The van der Waals surface area contributed by atoms with E-state index in [2.05, 4.69) is 5.32 Å². The number of fused-ring (bicyclic) bond motifs is 1. The fourth-order valence-corrected chi connectivity index (χ4v) is 4.76. The van der Waals surface area contributed by atoms with Crippen LogP contribution in [-0.4, -0.2) is 24.2 Å². The van der Waals surface area contributed by atoms with Crippen LogP contribution in [0.25, 0.3) is 0 Å². The van der Waals surface area contributed by atoms with Gasteiger partial charge < -0.3 is 15.8 Å². The number of amides is 2. The smallest absolute Gasteiger partial charge is 0.251 e. The maximum Gasteiger partial charge on any atom is 0.251 e. The molecule has 0 bridgehead atoms. The van der Waals surface area contributed by atoms with Crippen LogP contribution in [-0.2, 0) is 22.6 Å². The highest BCUT2D eigenvalue weighted by atomic mass is 35.5. The normalized spacial score (nSPS) is 13.4. The number of thioether (sulfide) groups is 1. The molecule has 132 valence electrons. The number of anilines is 1. The van der Waals surface area contributed by atoms with E-state index < -0.39 is 5.91 Å². The second kappa shape index (κ2) is 7.97. The molecule has 1 aromatic carbocycles. The minimum atomic E-state index is -0.535. The minimum absolute atomic E-state index is 0.176. The molecule has 0 saturated carbocycles. The van der Waals surface area contributed by atoms with Gasteiger partial charge in [0.2, 0.25) is 5.91 Å². The summed E-state index contributed by atoms with van der Waals surface area (Å²) in [5.41, 5.74) is 6.78. The van der Waals surface area contributed by atoms with Crippen LogP contribution in [0.5, 0.6) is 0 Å². The number of ether oxygens (including phenoxy) is 1. The van der Waals surface area contributed by atoms with Crippen molar-refractivity contribution in [3.05, 3.63) is 44.2 Å². The summed E-state index contributed by atoms with van der Waals surface area (Å²) in [6.07, 6.45) is 0.623. The summed E-state index contributed by atoms with van der Waals surface area (Å²) in [5, 5.41) is 4.18. The number of primary amides is 1. The van der Waals surface area contributed by atoms with Gasteiger partial charge in [-0.2, -0.15) is 0 Å². The Hall–Kier alpha value is -1.25. The predicted molar refractivity (Wildman–Crippen MR) is 102 cm³/mol. The van der Waals surface area contributed by atoms with E-state index >= 15 is 0 Å². The third-order valence-electron chi connectivity index (χ3n) is 3.58. The van der Waals surface area contributed by atoms with E-state index in [1.807, 2.05) is 0 Å². The maximum absolute atomic E-state index is 12.3. The van der Waals surface area contributed by atoms with Gasteiger partial charge in [0.15, 0.2) is 0 Å². The molecule has 0 aliphatic carbocycles. The molecule has 0 fully saturated rings. The van der Waals surface area contributed by atoms with Crippen molar-refractivity contribution in [2.24, 2.45) is 5.73 Å². The molecule has 5 nitrogen and oxygen atoms in total. The van der Waals surface area contributed by atoms with Gasteiger partial charge in [0.25, 0.3) is 5.91 Å². The molecule has 1 aliphatic heterocycles. The summed E-state index contributed by atoms with van der Waals surface area (Å²) in [7, 11) is 0. The zero-order valence-corrected chi connectivity index (χ0v) is 16.1. The van der Waals surface area contributed by atoms with E-state index in [0.717, 1.165) is 15.3 Å². The van der Waals surface area contributed by atoms with E-state index in [-0.39, 0.29) is 11.7 Å². The van der Waals surface area contributed by atoms with Crippen LogP contribution in [0.2, 0.25) is 10.0 Å². The van der Waals surface area contributed by atoms with Crippen molar-refractivity contribution in [3.63, 3.8) is 0 Å². The quantitative estimate of drug-likeness (QED) is 0.722. The lowest BCUT2D eigenvalue weighted by Gasteiger charge is -2.12. The minimum Gasteiger partial charge on any atom is -0.376 e. The van der Waals surface area contributed by atoms with Crippen molar-refractivity contribution in [1.82, 2.24) is 0 Å². The topological polar surface area (TPSA) is 81.4 Å². The fraction of sp³-hybridized carbons (Fsp3) is 0.250. The molecule has 2 aromatic rings. The highest BCUT2D eigenvalue weighted by Crippen LogP contribution is 2.36. The lowest BCUT2D eigenvalue weighted by molar-refractivity contribution is -0.113. The van der Waals surface area contributed by atoms with E-state index in [1.54, 1.807) is 18.2 Å². The average Bonchev–Trinajstić information content (AvgIpc) is 2.93. The van der Waals surface area contributed by atoms with Crippen LogP contribution in [0.4, 0.5) is 5.00 Å². The highest BCUT2D eigenvalue weighted by molar-refractivity contribution is 8.00. The number of carbonyl (C=O) groups excluding carboxylic acids is 2. The number of benzene rings is 1. The van der Waals surface area contributed by atoms with Crippen molar-refractivity contribution in [1.29, 1.82) is 0 Å². The number of thiophene rings is 1. The number of nitrogens with two attached hydrogens (primary N) is 1. The molecular formula is C16H14Cl2N2O3S2. The van der Waals surface area contributed by atoms with Crippen LogP contribution in [0.3, 0.4) is 0 Å². The lowest BCUT2D eigenvalue weighted by Crippen LogP contribution is -2.20. The number of hydrogen-bond donors (Lipinski definition) is 2. The number of rotatable bonds is 5. The number of halogens is 2. The average molecular weight is 417 g/mol. The maximum atomic E-state index is 12.3. The fourth-order valence-electron chi connectivity index (χ4n) is 2.46. The first-order valence-corrected chi connectivity index (χ1v) is 9.91. The molecule has 2 amide bonds. The van der Waals surface area contributed by atoms with Gasteiger partial charge >= 0.3 is 0 Å². The van der Waals surface area contributed by atoms with E-state index in [1.165, 1.54) is 23.1 Å². The third kappa shape index (κ3) is 4.30. The van der Waals surface area contributed by atoms with Gasteiger partial charge in [0, 0.05) is 9.77 Å². The molecule has 25 heavy (non-hydrogen) atoms. The molecule has 3 N–H and O–H groups in total.